The molecule has 0 spiro atoms. The molecule has 78 valence electrons. The van der Waals surface area contributed by atoms with E-state index in [1.54, 1.807) is 11.3 Å². The van der Waals surface area contributed by atoms with Crippen molar-refractivity contribution in [1.82, 2.24) is 20.7 Å². The monoisotopic (exact) mass is 286 g/mol. The summed E-state index contributed by atoms with van der Waals surface area (Å²) >= 11 is 4.97. The highest BCUT2D eigenvalue weighted by atomic mass is 79.9. The first kappa shape index (κ1) is 10.3. The molecule has 0 saturated carbocycles. The Morgan fingerprint density at radius 3 is 3.13 bits per heavy atom. The molecule has 0 bridgehead atoms. The summed E-state index contributed by atoms with van der Waals surface area (Å²) in [7, 11) is 0. The van der Waals surface area contributed by atoms with Crippen LogP contribution in [0.2, 0.25) is 0 Å². The van der Waals surface area contributed by atoms with Gasteiger partial charge >= 0.3 is 0 Å². The number of rotatable bonds is 3. The number of nitrogens with one attached hydrogen (secondary N) is 2. The molecule has 15 heavy (non-hydrogen) atoms. The number of carbonyl (C=O) groups is 1. The van der Waals surface area contributed by atoms with Crippen molar-refractivity contribution in [3.05, 3.63) is 32.7 Å². The van der Waals surface area contributed by atoms with E-state index in [0.29, 0.717) is 12.2 Å². The van der Waals surface area contributed by atoms with E-state index in [1.165, 1.54) is 6.20 Å². The molecule has 2 heterocycles. The second-order valence-electron chi connectivity index (χ2n) is 2.73. The van der Waals surface area contributed by atoms with Crippen LogP contribution in [0.4, 0.5) is 0 Å². The molecular formula is C8H7BrN4OS. The van der Waals surface area contributed by atoms with Gasteiger partial charge in [0, 0.05) is 9.35 Å². The van der Waals surface area contributed by atoms with Gasteiger partial charge in [0.15, 0.2) is 5.69 Å². The third-order valence-corrected chi connectivity index (χ3v) is 3.67. The SMILES string of the molecule is O=C(NCc1sccc1Br)c1cn[nH]n1. The van der Waals surface area contributed by atoms with Crippen LogP contribution in [0, 0.1) is 0 Å². The van der Waals surface area contributed by atoms with E-state index >= 15 is 0 Å². The zero-order valence-corrected chi connectivity index (χ0v) is 9.93. The van der Waals surface area contributed by atoms with Crippen molar-refractivity contribution in [2.24, 2.45) is 0 Å². The lowest BCUT2D eigenvalue weighted by atomic mass is 10.4. The Balaban J connectivity index is 1.95. The Morgan fingerprint density at radius 2 is 2.53 bits per heavy atom. The van der Waals surface area contributed by atoms with Gasteiger partial charge in [-0.2, -0.15) is 15.4 Å². The maximum atomic E-state index is 11.5. The van der Waals surface area contributed by atoms with Crippen molar-refractivity contribution in [3.63, 3.8) is 0 Å². The second-order valence-corrected chi connectivity index (χ2v) is 4.58. The van der Waals surface area contributed by atoms with Gasteiger partial charge in [0.05, 0.1) is 12.7 Å². The molecule has 0 fully saturated rings. The molecular weight excluding hydrogens is 280 g/mol. The fraction of sp³-hybridized carbons (Fsp3) is 0.125. The van der Waals surface area contributed by atoms with Gasteiger partial charge in [-0.15, -0.1) is 11.3 Å². The van der Waals surface area contributed by atoms with Crippen LogP contribution in [0.15, 0.2) is 22.1 Å². The Bertz CT molecular complexity index is 453. The number of aromatic amines is 1. The van der Waals surface area contributed by atoms with Gasteiger partial charge in [-0.25, -0.2) is 0 Å². The summed E-state index contributed by atoms with van der Waals surface area (Å²) in [5, 5.41) is 14.3. The molecule has 0 aliphatic heterocycles. The quantitative estimate of drug-likeness (QED) is 0.900. The van der Waals surface area contributed by atoms with Gasteiger partial charge in [0.1, 0.15) is 0 Å². The molecule has 1 amide bonds. The summed E-state index contributed by atoms with van der Waals surface area (Å²) in [6.45, 7) is 0.490. The molecule has 7 heteroatoms. The standard InChI is InChI=1S/C8H7BrN4OS/c9-5-1-2-15-7(5)4-10-8(14)6-3-11-13-12-6/h1-3H,4H2,(H,10,14)(H,11,12,13). The third-order valence-electron chi connectivity index (χ3n) is 1.75. The summed E-state index contributed by atoms with van der Waals surface area (Å²) in [6.07, 6.45) is 1.39. The number of amides is 1. The molecule has 0 atom stereocenters. The maximum Gasteiger partial charge on any atom is 0.273 e. The van der Waals surface area contributed by atoms with Crippen LogP contribution in [0.3, 0.4) is 0 Å². The minimum Gasteiger partial charge on any atom is -0.346 e. The molecule has 2 aromatic rings. The summed E-state index contributed by atoms with van der Waals surface area (Å²) in [4.78, 5) is 12.5. The van der Waals surface area contributed by atoms with Gasteiger partial charge in [0.2, 0.25) is 0 Å². The highest BCUT2D eigenvalue weighted by Crippen LogP contribution is 2.22. The van der Waals surface area contributed by atoms with Gasteiger partial charge in [-0.1, -0.05) is 0 Å². The van der Waals surface area contributed by atoms with Crippen molar-refractivity contribution in [2.45, 2.75) is 6.54 Å². The first-order chi connectivity index (χ1) is 7.27. The van der Waals surface area contributed by atoms with Gasteiger partial charge < -0.3 is 5.32 Å². The van der Waals surface area contributed by atoms with Crippen LogP contribution in [-0.4, -0.2) is 21.3 Å². The van der Waals surface area contributed by atoms with Crippen molar-refractivity contribution in [2.75, 3.05) is 0 Å². The number of nitrogens with zero attached hydrogens (tertiary/aromatic N) is 2. The van der Waals surface area contributed by atoms with E-state index in [0.717, 1.165) is 9.35 Å². The van der Waals surface area contributed by atoms with Crippen molar-refractivity contribution in [1.29, 1.82) is 0 Å². The van der Waals surface area contributed by atoms with Crippen molar-refractivity contribution < 1.29 is 4.79 Å². The second kappa shape index (κ2) is 4.54. The maximum absolute atomic E-state index is 11.5. The molecule has 0 saturated heterocycles. The highest BCUT2D eigenvalue weighted by Gasteiger charge is 2.09. The van der Waals surface area contributed by atoms with Crippen molar-refractivity contribution in [3.8, 4) is 0 Å². The van der Waals surface area contributed by atoms with E-state index in [9.17, 15) is 4.79 Å². The molecule has 0 aliphatic rings. The molecule has 2 N–H and O–H groups in total. The van der Waals surface area contributed by atoms with E-state index < -0.39 is 0 Å². The number of halogens is 1. The number of thiophene rings is 1. The summed E-state index contributed by atoms with van der Waals surface area (Å²) < 4.78 is 1.01. The summed E-state index contributed by atoms with van der Waals surface area (Å²) in [6, 6.07) is 1.95. The average Bonchev–Trinajstić information content (AvgIpc) is 2.85. The zero-order valence-electron chi connectivity index (χ0n) is 7.53. The van der Waals surface area contributed by atoms with Gasteiger partial charge in [0.25, 0.3) is 5.91 Å². The summed E-state index contributed by atoms with van der Waals surface area (Å²) in [5.74, 6) is -0.232. The Hall–Kier alpha value is -1.21. The molecule has 0 unspecified atom stereocenters. The zero-order chi connectivity index (χ0) is 10.7. The van der Waals surface area contributed by atoms with E-state index in [4.69, 9.17) is 0 Å². The van der Waals surface area contributed by atoms with Crippen LogP contribution in [0.5, 0.6) is 0 Å². The number of hydrogen-bond donors (Lipinski definition) is 2. The van der Waals surface area contributed by atoms with Crippen molar-refractivity contribution >= 4 is 33.2 Å². The summed E-state index contributed by atoms with van der Waals surface area (Å²) in [5.41, 5.74) is 0.294. The normalized spacial score (nSPS) is 10.2. The number of hydrogen-bond acceptors (Lipinski definition) is 4. The Labute approximate surface area is 98.0 Å². The van der Waals surface area contributed by atoms with Crippen LogP contribution >= 0.6 is 27.3 Å². The number of aromatic nitrogens is 3. The predicted molar refractivity (Wildman–Crippen MR) is 59.6 cm³/mol. The minimum atomic E-state index is -0.232. The van der Waals surface area contributed by atoms with Crippen LogP contribution in [0.1, 0.15) is 15.4 Å². The fourth-order valence-corrected chi connectivity index (χ4v) is 2.45. The van der Waals surface area contributed by atoms with E-state index in [1.807, 2.05) is 11.4 Å². The highest BCUT2D eigenvalue weighted by molar-refractivity contribution is 9.10. The molecule has 0 aliphatic carbocycles. The molecule has 0 radical (unpaired) electrons. The van der Waals surface area contributed by atoms with Crippen LogP contribution < -0.4 is 5.32 Å². The lowest BCUT2D eigenvalue weighted by Gasteiger charge is -2.00. The predicted octanol–water partition coefficient (Wildman–Crippen LogP) is 1.56. The van der Waals surface area contributed by atoms with Gasteiger partial charge in [-0.05, 0) is 27.4 Å². The van der Waals surface area contributed by atoms with E-state index in [2.05, 4.69) is 36.7 Å². The first-order valence-corrected chi connectivity index (χ1v) is 5.80. The fourth-order valence-electron chi connectivity index (χ4n) is 1.01. The Morgan fingerprint density at radius 1 is 1.67 bits per heavy atom. The topological polar surface area (TPSA) is 70.7 Å². The van der Waals surface area contributed by atoms with Crippen LogP contribution in [-0.2, 0) is 6.54 Å². The average molecular weight is 287 g/mol. The smallest absolute Gasteiger partial charge is 0.273 e. The lowest BCUT2D eigenvalue weighted by molar-refractivity contribution is 0.0946. The number of carbonyl (C=O) groups excluding carboxylic acids is 1. The van der Waals surface area contributed by atoms with Crippen LogP contribution in [0.25, 0.3) is 0 Å². The molecule has 2 rings (SSSR count). The third kappa shape index (κ3) is 2.42. The minimum absolute atomic E-state index is 0.232. The first-order valence-electron chi connectivity index (χ1n) is 4.13. The largest absolute Gasteiger partial charge is 0.346 e. The lowest BCUT2D eigenvalue weighted by Crippen LogP contribution is -2.22. The number of H-pyrrole nitrogens is 1. The molecule has 2 aromatic heterocycles. The molecule has 0 aromatic carbocycles. The van der Waals surface area contributed by atoms with E-state index in [-0.39, 0.29) is 5.91 Å². The Kier molecular flexibility index (Phi) is 3.12. The van der Waals surface area contributed by atoms with Gasteiger partial charge in [-0.3, -0.25) is 4.79 Å². The molecule has 5 nitrogen and oxygen atoms in total.